The van der Waals surface area contributed by atoms with E-state index in [1.165, 1.54) is 54.9 Å². The Balaban J connectivity index is 0.00000480. The summed E-state index contributed by atoms with van der Waals surface area (Å²) < 4.78 is 0.905. The number of hydrogen-bond acceptors (Lipinski definition) is 15. The van der Waals surface area contributed by atoms with Gasteiger partial charge >= 0.3 is 41.5 Å². The molecular formula is C26H22N5NaO10S4. The van der Waals surface area contributed by atoms with Crippen LogP contribution >= 0.6 is 46.2 Å². The van der Waals surface area contributed by atoms with Gasteiger partial charge in [-0.2, -0.15) is 0 Å². The van der Waals surface area contributed by atoms with E-state index in [0.29, 0.717) is 14.5 Å². The van der Waals surface area contributed by atoms with E-state index in [4.69, 9.17) is 10.6 Å². The first-order valence-electron chi connectivity index (χ1n) is 12.7. The van der Waals surface area contributed by atoms with Crippen LogP contribution in [0.25, 0.3) is 10.1 Å². The van der Waals surface area contributed by atoms with Gasteiger partial charge in [-0.1, -0.05) is 17.0 Å². The van der Waals surface area contributed by atoms with Crippen molar-refractivity contribution in [3.05, 3.63) is 50.8 Å². The number of aromatic nitrogens is 1. The Morgan fingerprint density at radius 2 is 1.98 bits per heavy atom. The third kappa shape index (κ3) is 6.99. The molecule has 2 atom stereocenters. The van der Waals surface area contributed by atoms with Gasteiger partial charge in [0, 0.05) is 33.0 Å². The molecule has 0 spiro atoms. The summed E-state index contributed by atoms with van der Waals surface area (Å²) in [5, 5.41) is 48.0. The molecule has 0 saturated carbocycles. The fourth-order valence-corrected chi connectivity index (χ4v) is 8.46. The number of carboxylic acids is 2. The topological polar surface area (TPSA) is 245 Å². The molecule has 2 aliphatic heterocycles. The van der Waals surface area contributed by atoms with Crippen molar-refractivity contribution in [1.82, 2.24) is 15.2 Å². The first kappa shape index (κ1) is 35.5. The molecule has 1 aromatic carbocycles. The molecule has 20 heteroatoms. The van der Waals surface area contributed by atoms with Gasteiger partial charge in [-0.3, -0.25) is 19.3 Å². The predicted octanol–water partition coefficient (Wildman–Crippen LogP) is -1.80. The van der Waals surface area contributed by atoms with Gasteiger partial charge in [0.15, 0.2) is 16.3 Å². The molecule has 1 fully saturated rings. The van der Waals surface area contributed by atoms with Crippen molar-refractivity contribution in [2.24, 2.45) is 5.16 Å². The molecule has 6 N–H and O–H groups in total. The van der Waals surface area contributed by atoms with Crippen LogP contribution in [0.3, 0.4) is 0 Å². The molecule has 4 heterocycles. The predicted molar refractivity (Wildman–Crippen MR) is 165 cm³/mol. The molecule has 2 amide bonds. The number of thioether (sulfide) groups is 2. The van der Waals surface area contributed by atoms with E-state index in [1.807, 2.05) is 0 Å². The monoisotopic (exact) mass is 715 g/mol. The Morgan fingerprint density at radius 3 is 2.61 bits per heavy atom. The number of anilines is 1. The Bertz CT molecular complexity index is 1890. The van der Waals surface area contributed by atoms with Crippen LogP contribution in [0.15, 0.2) is 49.0 Å². The van der Waals surface area contributed by atoms with Crippen molar-refractivity contribution in [1.29, 1.82) is 0 Å². The van der Waals surface area contributed by atoms with Crippen molar-refractivity contribution in [3.63, 3.8) is 0 Å². The number of amides is 2. The second kappa shape index (κ2) is 13.8. The molecule has 236 valence electrons. The summed E-state index contributed by atoms with van der Waals surface area (Å²) in [6, 6.07) is 2.47. The number of carbonyl (C=O) groups excluding carboxylic acids is 2. The van der Waals surface area contributed by atoms with Crippen molar-refractivity contribution in [3.8, 4) is 11.5 Å². The fraction of sp³-hybridized carbons (Fsp3) is 0.269. The number of phenols is 1. The molecule has 1 saturated heterocycles. The number of rotatable bonds is 10. The number of nitrogens with two attached hydrogens (primary N) is 1. The number of oxime groups is 1. The molecule has 15 nitrogen and oxygen atoms in total. The summed E-state index contributed by atoms with van der Waals surface area (Å²) >= 11 is 4.53. The average molecular weight is 716 g/mol. The number of aliphatic carboxylic acids is 2. The van der Waals surface area contributed by atoms with Crippen LogP contribution in [-0.4, -0.2) is 83.2 Å². The van der Waals surface area contributed by atoms with E-state index in [1.54, 1.807) is 0 Å². The number of nitrogens with zero attached hydrogens (tertiary/aromatic N) is 3. The second-order valence-electron chi connectivity index (χ2n) is 10.1. The zero-order valence-corrected chi connectivity index (χ0v) is 29.4. The van der Waals surface area contributed by atoms with Crippen molar-refractivity contribution >= 4 is 90.9 Å². The summed E-state index contributed by atoms with van der Waals surface area (Å²) in [4.78, 5) is 72.9. The van der Waals surface area contributed by atoms with Crippen LogP contribution in [0.1, 0.15) is 19.5 Å². The zero-order valence-electron chi connectivity index (χ0n) is 24.1. The van der Waals surface area contributed by atoms with Crippen LogP contribution in [0, 0.1) is 0 Å². The number of carboxylic acid groups (broad SMARTS) is 2. The van der Waals surface area contributed by atoms with E-state index in [0.717, 1.165) is 33.6 Å². The van der Waals surface area contributed by atoms with E-state index in [9.17, 15) is 44.4 Å². The van der Waals surface area contributed by atoms with Crippen LogP contribution in [0.5, 0.6) is 11.5 Å². The molecule has 0 aliphatic carbocycles. The third-order valence-electron chi connectivity index (χ3n) is 6.57. The zero-order chi connectivity index (χ0) is 32.8. The van der Waals surface area contributed by atoms with Crippen LogP contribution in [0.4, 0.5) is 5.13 Å². The number of benzene rings is 1. The summed E-state index contributed by atoms with van der Waals surface area (Å²) in [6.07, 6.45) is 0. The van der Waals surface area contributed by atoms with Gasteiger partial charge in [0.25, 0.3) is 11.8 Å². The van der Waals surface area contributed by atoms with Gasteiger partial charge in [0.1, 0.15) is 28.6 Å². The van der Waals surface area contributed by atoms with Gasteiger partial charge in [0.2, 0.25) is 5.60 Å². The largest absolute Gasteiger partial charge is 1.00 e. The van der Waals surface area contributed by atoms with Gasteiger partial charge < -0.3 is 36.3 Å². The maximum absolute atomic E-state index is 13.2. The van der Waals surface area contributed by atoms with Gasteiger partial charge in [-0.25, -0.2) is 14.6 Å². The minimum Gasteiger partial charge on any atom is -0.870 e. The molecule has 0 unspecified atom stereocenters. The number of carbonyl (C=O) groups is 4. The van der Waals surface area contributed by atoms with Crippen molar-refractivity contribution in [2.45, 2.75) is 35.1 Å². The van der Waals surface area contributed by atoms with Gasteiger partial charge in [-0.15, -0.1) is 46.2 Å². The summed E-state index contributed by atoms with van der Waals surface area (Å²) in [5.41, 5.74) is 3.19. The molecular weight excluding hydrogens is 694 g/mol. The minimum atomic E-state index is -1.80. The maximum Gasteiger partial charge on any atom is 1.00 e. The van der Waals surface area contributed by atoms with Crippen LogP contribution in [-0.2, 0) is 24.0 Å². The number of thiazole rings is 1. The number of fused-ring (bicyclic) bond motifs is 2. The molecule has 0 radical (unpaired) electrons. The first-order valence-corrected chi connectivity index (χ1v) is 16.4. The Morgan fingerprint density at radius 1 is 1.26 bits per heavy atom. The Kier molecular flexibility index (Phi) is 10.7. The Hall–Kier alpha value is -3.33. The Labute approximate surface area is 297 Å². The summed E-state index contributed by atoms with van der Waals surface area (Å²) in [5.74, 6) is -5.15. The summed E-state index contributed by atoms with van der Waals surface area (Å²) in [7, 11) is 0. The average Bonchev–Trinajstić information content (AvgIpc) is 3.40. The maximum atomic E-state index is 13.2. The quantitative estimate of drug-likeness (QED) is 0.0511. The van der Waals surface area contributed by atoms with Gasteiger partial charge in [0.05, 0.1) is 4.21 Å². The van der Waals surface area contributed by atoms with Gasteiger partial charge in [-0.05, 0) is 25.5 Å². The number of hydrogen-bond donors (Lipinski definition) is 5. The van der Waals surface area contributed by atoms with Crippen molar-refractivity contribution < 1.29 is 74.0 Å². The molecule has 5 rings (SSSR count). The van der Waals surface area contributed by atoms with Crippen molar-refractivity contribution in [2.75, 3.05) is 17.2 Å². The molecule has 2 aliphatic rings. The normalized spacial score (nSPS) is 18.0. The number of β-lactam (4-membered cyclic amide) rings is 1. The number of nitrogen functional groups attached to an aromatic ring is 1. The standard InChI is InChI=1S/C26H23N5O10S4.Na/c1-26(2,24(39)40)41-30-17(11-8-44-25(27)28-11)20(35)29-18-21(36)31-19(23(37)38)9(7-43-22(18)31)6-42-16-5-12(32)10-3-13(33)14(34)4-15(10)45-16;/h3-5,8,18,22,33-34H,6-7H2,1-2H3,(H2,27,28)(H,29,35)(H,37,38)(H,39,40);/q;+1/p-1/b30-17+;/t18-,22-;/m1./s1. The number of phenolic OH excluding ortho intramolecular Hbond substituents is 1. The molecule has 46 heavy (non-hydrogen) atoms. The van der Waals surface area contributed by atoms with E-state index in [-0.39, 0.29) is 63.0 Å². The smallest absolute Gasteiger partial charge is 0.870 e. The molecule has 0 bridgehead atoms. The van der Waals surface area contributed by atoms with E-state index < -0.39 is 63.4 Å². The van der Waals surface area contributed by atoms with E-state index in [2.05, 4.69) is 15.5 Å². The second-order valence-corrected chi connectivity index (χ2v) is 14.4. The SMILES string of the molecule is CC(C)(O/N=C(/C(=O)N[C@@H]1C(=O)N2C(C(=O)O)=C(CSc3cc(=O)c4cc([O-])c(O)cc4s3)CS[C@H]12)c1csc(N)n1)C(=O)O.[Na+]. The number of aromatic hydroxyl groups is 1. The molecule has 3 aromatic rings. The minimum absolute atomic E-state index is 0. The summed E-state index contributed by atoms with van der Waals surface area (Å²) in [6.45, 7) is 2.44. The van der Waals surface area contributed by atoms with E-state index >= 15 is 0 Å². The van der Waals surface area contributed by atoms with Crippen LogP contribution < -0.4 is 51.1 Å². The van der Waals surface area contributed by atoms with Crippen LogP contribution in [0.2, 0.25) is 0 Å². The first-order chi connectivity index (χ1) is 21.2. The third-order valence-corrected chi connectivity index (χ3v) is 11.0. The molecule has 2 aromatic heterocycles. The fourth-order valence-electron chi connectivity index (χ4n) is 4.18. The number of nitrogens with one attached hydrogen (secondary N) is 1.